The van der Waals surface area contributed by atoms with Gasteiger partial charge in [-0.1, -0.05) is 0 Å². The van der Waals surface area contributed by atoms with Crippen molar-refractivity contribution in [3.05, 3.63) is 18.0 Å². The van der Waals surface area contributed by atoms with Crippen molar-refractivity contribution in [2.24, 2.45) is 13.0 Å². The van der Waals surface area contributed by atoms with Crippen LogP contribution in [0.2, 0.25) is 0 Å². The standard InChI is InChI=1S/C16H27N3O2/c1-18-12-15(11-17-18)7-8-16(20)19-9-3-5-14(13-19)6-4-10-21-2/h11-12,14H,3-10,13H2,1-2H3/t14-/m0/s1. The molecule has 0 bridgehead atoms. The molecule has 1 amide bonds. The summed E-state index contributed by atoms with van der Waals surface area (Å²) >= 11 is 0. The molecule has 0 aliphatic carbocycles. The second-order valence-corrected chi connectivity index (χ2v) is 6.01. The van der Waals surface area contributed by atoms with Crippen LogP contribution < -0.4 is 0 Å². The molecule has 1 atom stereocenters. The Kier molecular flexibility index (Phi) is 6.23. The number of rotatable bonds is 7. The third-order valence-corrected chi connectivity index (χ3v) is 4.22. The zero-order valence-corrected chi connectivity index (χ0v) is 13.3. The Morgan fingerprint density at radius 3 is 3.10 bits per heavy atom. The number of carbonyl (C=O) groups excluding carboxylic acids is 1. The highest BCUT2D eigenvalue weighted by Gasteiger charge is 2.23. The highest BCUT2D eigenvalue weighted by Crippen LogP contribution is 2.21. The van der Waals surface area contributed by atoms with Gasteiger partial charge in [0.25, 0.3) is 0 Å². The van der Waals surface area contributed by atoms with E-state index in [1.807, 2.05) is 19.4 Å². The predicted octanol–water partition coefficient (Wildman–Crippen LogP) is 2.02. The zero-order valence-electron chi connectivity index (χ0n) is 13.3. The second-order valence-electron chi connectivity index (χ2n) is 6.01. The molecular formula is C16H27N3O2. The fourth-order valence-electron chi connectivity index (χ4n) is 3.05. The minimum absolute atomic E-state index is 0.287. The first-order valence-corrected chi connectivity index (χ1v) is 7.93. The van der Waals surface area contributed by atoms with E-state index in [1.54, 1.807) is 11.8 Å². The van der Waals surface area contributed by atoms with Crippen molar-refractivity contribution >= 4 is 5.91 Å². The van der Waals surface area contributed by atoms with Gasteiger partial charge in [-0.05, 0) is 43.6 Å². The summed E-state index contributed by atoms with van der Waals surface area (Å²) < 4.78 is 6.89. The van der Waals surface area contributed by atoms with E-state index in [9.17, 15) is 4.79 Å². The highest BCUT2D eigenvalue weighted by atomic mass is 16.5. The van der Waals surface area contributed by atoms with Crippen LogP contribution >= 0.6 is 0 Å². The summed E-state index contributed by atoms with van der Waals surface area (Å²) in [6, 6.07) is 0. The van der Waals surface area contributed by atoms with Crippen LogP contribution in [-0.2, 0) is 23.0 Å². The normalized spacial score (nSPS) is 19.0. The Morgan fingerprint density at radius 2 is 2.38 bits per heavy atom. The molecule has 0 radical (unpaired) electrons. The van der Waals surface area contributed by atoms with E-state index >= 15 is 0 Å². The molecule has 1 aliphatic heterocycles. The molecule has 0 unspecified atom stereocenters. The number of hydrogen-bond acceptors (Lipinski definition) is 3. The van der Waals surface area contributed by atoms with E-state index in [-0.39, 0.29) is 5.91 Å². The summed E-state index contributed by atoms with van der Waals surface area (Å²) in [7, 11) is 3.65. The fraction of sp³-hybridized carbons (Fsp3) is 0.750. The van der Waals surface area contributed by atoms with Crippen LogP contribution in [0.3, 0.4) is 0 Å². The van der Waals surface area contributed by atoms with Crippen molar-refractivity contribution in [3.8, 4) is 0 Å². The van der Waals surface area contributed by atoms with E-state index in [1.165, 1.54) is 12.8 Å². The third-order valence-electron chi connectivity index (χ3n) is 4.22. The third kappa shape index (κ3) is 5.16. The monoisotopic (exact) mass is 293 g/mol. The minimum atomic E-state index is 0.287. The van der Waals surface area contributed by atoms with Crippen molar-refractivity contribution in [2.75, 3.05) is 26.8 Å². The molecule has 2 rings (SSSR count). The number of piperidine rings is 1. The van der Waals surface area contributed by atoms with Gasteiger partial charge in [0.2, 0.25) is 5.91 Å². The number of methoxy groups -OCH3 is 1. The molecule has 1 aromatic heterocycles. The van der Waals surface area contributed by atoms with Gasteiger partial charge in [0, 0.05) is 46.5 Å². The van der Waals surface area contributed by atoms with Gasteiger partial charge < -0.3 is 9.64 Å². The van der Waals surface area contributed by atoms with Gasteiger partial charge in [-0.2, -0.15) is 5.10 Å². The molecule has 0 N–H and O–H groups in total. The summed E-state index contributed by atoms with van der Waals surface area (Å²) in [5.74, 6) is 0.937. The Balaban J connectivity index is 1.73. The number of likely N-dealkylation sites (tertiary alicyclic amines) is 1. The lowest BCUT2D eigenvalue weighted by Gasteiger charge is -2.33. The summed E-state index contributed by atoms with van der Waals surface area (Å²) in [5, 5.41) is 4.14. The van der Waals surface area contributed by atoms with Gasteiger partial charge in [-0.25, -0.2) is 0 Å². The first kappa shape index (κ1) is 16.0. The number of amides is 1. The van der Waals surface area contributed by atoms with Crippen LogP contribution in [0.15, 0.2) is 12.4 Å². The number of aryl methyl sites for hydroxylation is 2. The van der Waals surface area contributed by atoms with E-state index in [0.29, 0.717) is 12.3 Å². The number of hydrogen-bond donors (Lipinski definition) is 0. The fourth-order valence-corrected chi connectivity index (χ4v) is 3.05. The molecular weight excluding hydrogens is 266 g/mol. The molecule has 5 heteroatoms. The number of nitrogens with zero attached hydrogens (tertiary/aromatic N) is 3. The van der Waals surface area contributed by atoms with Crippen molar-refractivity contribution in [3.63, 3.8) is 0 Å². The zero-order chi connectivity index (χ0) is 15.1. The van der Waals surface area contributed by atoms with Gasteiger partial charge in [0.15, 0.2) is 0 Å². The summed E-state index contributed by atoms with van der Waals surface area (Å²) in [6.45, 7) is 2.67. The van der Waals surface area contributed by atoms with Crippen LogP contribution in [0, 0.1) is 5.92 Å². The molecule has 0 saturated carbocycles. The Labute approximate surface area is 127 Å². The predicted molar refractivity (Wildman–Crippen MR) is 81.9 cm³/mol. The highest BCUT2D eigenvalue weighted by molar-refractivity contribution is 5.76. The van der Waals surface area contributed by atoms with E-state index in [2.05, 4.69) is 10.00 Å². The average Bonchev–Trinajstić information content (AvgIpc) is 2.91. The molecule has 5 nitrogen and oxygen atoms in total. The van der Waals surface area contributed by atoms with Gasteiger partial charge in [-0.15, -0.1) is 0 Å². The van der Waals surface area contributed by atoms with Gasteiger partial charge in [0.05, 0.1) is 6.20 Å². The summed E-state index contributed by atoms with van der Waals surface area (Å²) in [4.78, 5) is 14.4. The number of ether oxygens (including phenoxy) is 1. The van der Waals surface area contributed by atoms with Crippen LogP contribution in [-0.4, -0.2) is 47.4 Å². The first-order chi connectivity index (χ1) is 10.2. The lowest BCUT2D eigenvalue weighted by Crippen LogP contribution is -2.40. The topological polar surface area (TPSA) is 47.4 Å². The number of aromatic nitrogens is 2. The lowest BCUT2D eigenvalue weighted by atomic mass is 9.93. The lowest BCUT2D eigenvalue weighted by molar-refractivity contribution is -0.133. The van der Waals surface area contributed by atoms with E-state index in [0.717, 1.165) is 44.5 Å². The Hall–Kier alpha value is -1.36. The van der Waals surface area contributed by atoms with Gasteiger partial charge in [0.1, 0.15) is 0 Å². The molecule has 1 fully saturated rings. The molecule has 1 aliphatic rings. The molecule has 118 valence electrons. The maximum absolute atomic E-state index is 12.3. The van der Waals surface area contributed by atoms with Crippen LogP contribution in [0.5, 0.6) is 0 Å². The number of carbonyl (C=O) groups is 1. The van der Waals surface area contributed by atoms with Crippen molar-refractivity contribution in [1.29, 1.82) is 0 Å². The molecule has 1 saturated heterocycles. The summed E-state index contributed by atoms with van der Waals surface area (Å²) in [6.07, 6.45) is 9.85. The minimum Gasteiger partial charge on any atom is -0.385 e. The van der Waals surface area contributed by atoms with E-state index < -0.39 is 0 Å². The van der Waals surface area contributed by atoms with Crippen LogP contribution in [0.4, 0.5) is 0 Å². The quantitative estimate of drug-likeness (QED) is 0.723. The largest absolute Gasteiger partial charge is 0.385 e. The maximum atomic E-state index is 12.3. The molecule has 1 aromatic rings. The van der Waals surface area contributed by atoms with Gasteiger partial charge >= 0.3 is 0 Å². The Bertz CT molecular complexity index is 444. The SMILES string of the molecule is COCCC[C@@H]1CCCN(C(=O)CCc2cnn(C)c2)C1. The van der Waals surface area contributed by atoms with Crippen molar-refractivity contribution < 1.29 is 9.53 Å². The van der Waals surface area contributed by atoms with Crippen molar-refractivity contribution in [2.45, 2.75) is 38.5 Å². The van der Waals surface area contributed by atoms with Crippen LogP contribution in [0.25, 0.3) is 0 Å². The molecule has 2 heterocycles. The van der Waals surface area contributed by atoms with Crippen LogP contribution in [0.1, 0.15) is 37.7 Å². The maximum Gasteiger partial charge on any atom is 0.222 e. The van der Waals surface area contributed by atoms with Crippen molar-refractivity contribution in [1.82, 2.24) is 14.7 Å². The summed E-state index contributed by atoms with van der Waals surface area (Å²) in [5.41, 5.74) is 1.14. The smallest absolute Gasteiger partial charge is 0.222 e. The average molecular weight is 293 g/mol. The second kappa shape index (κ2) is 8.17. The van der Waals surface area contributed by atoms with Gasteiger partial charge in [-0.3, -0.25) is 9.48 Å². The Morgan fingerprint density at radius 1 is 1.52 bits per heavy atom. The van der Waals surface area contributed by atoms with E-state index in [4.69, 9.17) is 4.74 Å². The molecule has 21 heavy (non-hydrogen) atoms. The molecule has 0 spiro atoms. The molecule has 0 aromatic carbocycles. The first-order valence-electron chi connectivity index (χ1n) is 7.93.